The van der Waals surface area contributed by atoms with Crippen molar-refractivity contribution in [2.45, 2.75) is 25.0 Å². The van der Waals surface area contributed by atoms with E-state index in [0.29, 0.717) is 11.3 Å². The summed E-state index contributed by atoms with van der Waals surface area (Å²) >= 11 is 11.8. The van der Waals surface area contributed by atoms with Crippen molar-refractivity contribution in [2.24, 2.45) is 22.4 Å². The molecule has 1 unspecified atom stereocenters. The molecule has 0 radical (unpaired) electrons. The van der Waals surface area contributed by atoms with Crippen molar-refractivity contribution in [3.8, 4) is 0 Å². The van der Waals surface area contributed by atoms with Crippen LogP contribution in [0, 0.1) is 6.92 Å². The third kappa shape index (κ3) is 7.04. The number of pyridine rings is 1. The molecule has 0 aliphatic carbocycles. The van der Waals surface area contributed by atoms with Gasteiger partial charge < -0.3 is 27.0 Å². The number of nitrogens with one attached hydrogen (secondary N) is 2. The van der Waals surface area contributed by atoms with Gasteiger partial charge in [-0.25, -0.2) is 8.42 Å². The molecule has 0 bridgehead atoms. The maximum atomic E-state index is 12.8. The van der Waals surface area contributed by atoms with Gasteiger partial charge in [0.1, 0.15) is 12.3 Å². The number of carbonyl (C=O) groups is 1. The molecule has 1 atom stereocenters. The van der Waals surface area contributed by atoms with Gasteiger partial charge in [0.15, 0.2) is 0 Å². The van der Waals surface area contributed by atoms with Crippen LogP contribution >= 0.6 is 23.2 Å². The van der Waals surface area contributed by atoms with Crippen molar-refractivity contribution >= 4 is 50.8 Å². The number of H-pyrrole nitrogens is 1. The van der Waals surface area contributed by atoms with E-state index in [1.165, 1.54) is 24.3 Å². The van der Waals surface area contributed by atoms with E-state index in [4.69, 9.17) is 45.2 Å². The van der Waals surface area contributed by atoms with E-state index in [2.05, 4.69) is 14.9 Å². The highest BCUT2D eigenvalue weighted by molar-refractivity contribution is 7.91. The third-order valence-electron chi connectivity index (χ3n) is 4.18. The fraction of sp³-hybridized carbons (Fsp3) is 0.278. The number of anilines is 1. The Morgan fingerprint density at radius 1 is 1.22 bits per heavy atom. The fourth-order valence-electron chi connectivity index (χ4n) is 2.88. The van der Waals surface area contributed by atoms with E-state index in [9.17, 15) is 18.0 Å². The van der Waals surface area contributed by atoms with Gasteiger partial charge in [-0.3, -0.25) is 14.3 Å². The maximum absolute atomic E-state index is 12.8. The smallest absolute Gasteiger partial charge is 0.272 e. The van der Waals surface area contributed by atoms with Gasteiger partial charge >= 0.3 is 0 Å². The average molecular weight is 505 g/mol. The zero-order valence-corrected chi connectivity index (χ0v) is 19.2. The Balaban J connectivity index is 2.38. The molecule has 0 saturated carbocycles. The van der Waals surface area contributed by atoms with Crippen LogP contribution in [0.5, 0.6) is 0 Å². The molecule has 174 valence electrons. The summed E-state index contributed by atoms with van der Waals surface area (Å²) in [6.07, 6.45) is -0.0173. The number of carbonyl (C=O) groups excluding carboxylic acids is 1. The molecule has 0 aliphatic rings. The Labute approximate surface area is 193 Å². The minimum absolute atomic E-state index is 0.0173. The van der Waals surface area contributed by atoms with Crippen molar-refractivity contribution in [1.29, 1.82) is 0 Å². The number of aromatic nitrogens is 1. The summed E-state index contributed by atoms with van der Waals surface area (Å²) in [7, 11) is -4.08. The molecule has 8 N–H and O–H groups in total. The van der Waals surface area contributed by atoms with Crippen LogP contribution in [0.2, 0.25) is 10.0 Å². The van der Waals surface area contributed by atoms with Crippen molar-refractivity contribution in [3.05, 3.63) is 61.5 Å². The van der Waals surface area contributed by atoms with Crippen molar-refractivity contribution in [1.82, 2.24) is 4.98 Å². The first-order chi connectivity index (χ1) is 14.9. The summed E-state index contributed by atoms with van der Waals surface area (Å²) in [5.74, 6) is -2.67. The number of hydrogen-bond acceptors (Lipinski definition) is 6. The number of guanidine groups is 1. The van der Waals surface area contributed by atoms with Crippen LogP contribution in [-0.2, 0) is 25.4 Å². The number of aryl methyl sites for hydroxylation is 1. The van der Waals surface area contributed by atoms with Gasteiger partial charge in [0.2, 0.25) is 21.9 Å². The summed E-state index contributed by atoms with van der Waals surface area (Å²) in [6.45, 7) is 1.46. The number of nitrogens with two attached hydrogens (primary N) is 3. The van der Waals surface area contributed by atoms with E-state index in [1.54, 1.807) is 6.92 Å². The van der Waals surface area contributed by atoms with Crippen LogP contribution in [0.4, 0.5) is 5.69 Å². The predicted octanol–water partition coefficient (Wildman–Crippen LogP) is 1.10. The van der Waals surface area contributed by atoms with Gasteiger partial charge in [-0.05, 0) is 47.8 Å². The number of oxime groups is 1. The number of halogens is 2. The molecule has 14 heteroatoms. The molecule has 2 aromatic rings. The third-order valence-corrected chi connectivity index (χ3v) is 6.15. The largest absolute Gasteiger partial charge is 0.393 e. The summed E-state index contributed by atoms with van der Waals surface area (Å²) in [5, 5.41) is 3.80. The average Bonchev–Trinajstić information content (AvgIpc) is 2.66. The topological polar surface area (TPSA) is 196 Å². The first-order valence-corrected chi connectivity index (χ1v) is 11.5. The first kappa shape index (κ1) is 25.3. The van der Waals surface area contributed by atoms with Crippen molar-refractivity contribution < 1.29 is 18.0 Å². The molecule has 0 fully saturated rings. The molecule has 1 aromatic carbocycles. The van der Waals surface area contributed by atoms with Gasteiger partial charge in [0.05, 0.1) is 21.7 Å². The Morgan fingerprint density at radius 3 is 2.50 bits per heavy atom. The number of benzene rings is 1. The highest BCUT2D eigenvalue weighted by atomic mass is 35.5. The van der Waals surface area contributed by atoms with Crippen LogP contribution in [0.25, 0.3) is 0 Å². The second-order valence-electron chi connectivity index (χ2n) is 6.81. The lowest BCUT2D eigenvalue weighted by Gasteiger charge is -2.18. The molecular formula is C18H22Cl2N6O5S. The number of rotatable bonds is 10. The summed E-state index contributed by atoms with van der Waals surface area (Å²) in [5.41, 5.74) is 15.6. The molecular weight excluding hydrogens is 483 g/mol. The van der Waals surface area contributed by atoms with Gasteiger partial charge in [-0.15, -0.1) is 0 Å². The van der Waals surface area contributed by atoms with E-state index < -0.39 is 33.2 Å². The van der Waals surface area contributed by atoms with E-state index in [-0.39, 0.29) is 40.3 Å². The zero-order valence-electron chi connectivity index (χ0n) is 16.9. The second-order valence-corrected chi connectivity index (χ2v) is 9.35. The van der Waals surface area contributed by atoms with Crippen LogP contribution in [0.3, 0.4) is 0 Å². The first-order valence-electron chi connectivity index (χ1n) is 9.08. The quantitative estimate of drug-likeness (QED) is 0.138. The fourth-order valence-corrected chi connectivity index (χ4v) is 4.41. The summed E-state index contributed by atoms with van der Waals surface area (Å²) < 4.78 is 27.8. The molecule has 11 nitrogen and oxygen atoms in total. The standard InChI is InChI=1S/C18H22Cl2N6O5S/c1-9-6-12(11(16(21)27)4-5-31-25-18(22)23)15(17(28)24-9)26-32(29,30)8-10-2-3-13(19)14(20)7-10/h2-3,6-7,11,26H,4-5,8H2,1H3,(H2,21,27)(H,24,28)(H4,22,23,25). The number of amides is 1. The second kappa shape index (κ2) is 10.6. The molecule has 1 heterocycles. The van der Waals surface area contributed by atoms with Crippen molar-refractivity contribution in [2.75, 3.05) is 11.3 Å². The molecule has 2 rings (SSSR count). The van der Waals surface area contributed by atoms with Gasteiger partial charge in [-0.2, -0.15) is 0 Å². The monoisotopic (exact) mass is 504 g/mol. The number of aromatic amines is 1. The Kier molecular flexibility index (Phi) is 8.36. The van der Waals surface area contributed by atoms with Crippen LogP contribution in [0.15, 0.2) is 34.2 Å². The minimum Gasteiger partial charge on any atom is -0.393 e. The number of sulfonamides is 1. The Bertz CT molecular complexity index is 1190. The van der Waals surface area contributed by atoms with E-state index in [1.807, 2.05) is 0 Å². The van der Waals surface area contributed by atoms with Crippen LogP contribution in [-0.4, -0.2) is 31.9 Å². The van der Waals surface area contributed by atoms with Gasteiger partial charge in [-0.1, -0.05) is 29.3 Å². The van der Waals surface area contributed by atoms with Crippen molar-refractivity contribution in [3.63, 3.8) is 0 Å². The van der Waals surface area contributed by atoms with Crippen LogP contribution in [0.1, 0.15) is 29.2 Å². The highest BCUT2D eigenvalue weighted by Crippen LogP contribution is 2.27. The molecule has 1 aromatic heterocycles. The molecule has 1 amide bonds. The SMILES string of the molecule is Cc1cc(C(CCON=C(N)N)C(N)=O)c(NS(=O)(=O)Cc2ccc(Cl)c(Cl)c2)c(=O)[nH]1. The number of primary amides is 1. The lowest BCUT2D eigenvalue weighted by atomic mass is 9.94. The summed E-state index contributed by atoms with van der Waals surface area (Å²) in [6, 6.07) is 5.80. The minimum atomic E-state index is -4.08. The molecule has 0 aliphatic heterocycles. The zero-order chi connectivity index (χ0) is 24.1. The van der Waals surface area contributed by atoms with Gasteiger partial charge in [0, 0.05) is 5.69 Å². The number of nitrogens with zero attached hydrogens (tertiary/aromatic N) is 1. The van der Waals surface area contributed by atoms with E-state index >= 15 is 0 Å². The molecule has 32 heavy (non-hydrogen) atoms. The summed E-state index contributed by atoms with van der Waals surface area (Å²) in [4.78, 5) is 32.0. The Hall–Kier alpha value is -2.96. The van der Waals surface area contributed by atoms with E-state index in [0.717, 1.165) is 0 Å². The highest BCUT2D eigenvalue weighted by Gasteiger charge is 2.26. The maximum Gasteiger partial charge on any atom is 0.272 e. The number of hydrogen-bond donors (Lipinski definition) is 5. The van der Waals surface area contributed by atoms with Gasteiger partial charge in [0.25, 0.3) is 5.56 Å². The molecule has 0 saturated heterocycles. The lowest BCUT2D eigenvalue weighted by molar-refractivity contribution is -0.119. The van der Waals surface area contributed by atoms with Crippen LogP contribution < -0.4 is 27.5 Å². The Morgan fingerprint density at radius 2 is 1.91 bits per heavy atom. The normalized spacial score (nSPS) is 12.1. The lowest BCUT2D eigenvalue weighted by Crippen LogP contribution is -2.29. The molecule has 0 spiro atoms. The predicted molar refractivity (Wildman–Crippen MR) is 123 cm³/mol.